The fraction of sp³-hybridized carbons (Fsp3) is 0.444. The molecule has 1 aliphatic carbocycles. The Morgan fingerprint density at radius 3 is 2.44 bits per heavy atom. The maximum atomic E-state index is 14.9. The molecular weight excluding hydrogens is 396 g/mol. The average Bonchev–Trinajstić information content (AvgIpc) is 3.42. The van der Waals surface area contributed by atoms with Crippen molar-refractivity contribution in [2.24, 2.45) is 0 Å². The second kappa shape index (κ2) is 7.30. The summed E-state index contributed by atoms with van der Waals surface area (Å²) >= 11 is 6.60. The Bertz CT molecular complexity index is 967. The van der Waals surface area contributed by atoms with Crippen LogP contribution in [-0.2, 0) is 0 Å². The Labute approximate surface area is 166 Å². The van der Waals surface area contributed by atoms with Crippen LogP contribution in [0.4, 0.5) is 10.1 Å². The van der Waals surface area contributed by atoms with E-state index in [1.165, 1.54) is 6.07 Å². The maximum Gasteiger partial charge on any atom is 0.341 e. The van der Waals surface area contributed by atoms with Crippen molar-refractivity contribution in [3.63, 3.8) is 0 Å². The molecule has 4 rings (SSSR count). The molecule has 1 aliphatic heterocycles. The molecule has 1 N–H and O–H groups in total. The minimum absolute atomic E-state index is 0. The van der Waals surface area contributed by atoms with Crippen molar-refractivity contribution in [2.45, 2.75) is 18.8 Å². The Balaban J connectivity index is 0.00000210. The van der Waals surface area contributed by atoms with Crippen LogP contribution in [0.25, 0.3) is 5.52 Å². The molecule has 0 radical (unpaired) electrons. The Morgan fingerprint density at radius 1 is 1.26 bits per heavy atom. The van der Waals surface area contributed by atoms with Gasteiger partial charge in [-0.2, -0.15) is 0 Å². The van der Waals surface area contributed by atoms with Gasteiger partial charge in [0.2, 0.25) is 0 Å². The maximum absolute atomic E-state index is 14.9. The van der Waals surface area contributed by atoms with E-state index in [9.17, 15) is 19.1 Å². The van der Waals surface area contributed by atoms with Gasteiger partial charge in [0.05, 0.1) is 22.4 Å². The molecule has 2 aromatic heterocycles. The van der Waals surface area contributed by atoms with Crippen LogP contribution in [-0.4, -0.2) is 53.6 Å². The van der Waals surface area contributed by atoms with Crippen molar-refractivity contribution in [2.75, 3.05) is 38.1 Å². The number of carbonyl (C=O) groups is 1. The summed E-state index contributed by atoms with van der Waals surface area (Å²) in [6, 6.07) is 1.41. The highest BCUT2D eigenvalue weighted by atomic mass is 35.5. The van der Waals surface area contributed by atoms with Gasteiger partial charge in [-0.1, -0.05) is 11.6 Å². The van der Waals surface area contributed by atoms with Gasteiger partial charge in [0, 0.05) is 26.2 Å². The van der Waals surface area contributed by atoms with Crippen molar-refractivity contribution in [1.82, 2.24) is 9.30 Å². The first-order valence-electron chi connectivity index (χ1n) is 8.62. The summed E-state index contributed by atoms with van der Waals surface area (Å²) in [6.07, 6.45) is 2.89. The van der Waals surface area contributed by atoms with E-state index < -0.39 is 17.3 Å². The van der Waals surface area contributed by atoms with E-state index in [1.54, 1.807) is 0 Å². The lowest BCUT2D eigenvalue weighted by molar-refractivity contribution is 0.0694. The number of aromatic carboxylic acids is 1. The zero-order valence-corrected chi connectivity index (χ0v) is 16.3. The number of nitrogens with zero attached hydrogens (tertiary/aromatic N) is 3. The fourth-order valence-corrected chi connectivity index (χ4v) is 3.99. The van der Waals surface area contributed by atoms with Gasteiger partial charge in [0.1, 0.15) is 5.56 Å². The summed E-state index contributed by atoms with van der Waals surface area (Å²) < 4.78 is 15.9. The van der Waals surface area contributed by atoms with Gasteiger partial charge in [-0.25, -0.2) is 9.18 Å². The van der Waals surface area contributed by atoms with Crippen LogP contribution >= 0.6 is 24.0 Å². The van der Waals surface area contributed by atoms with Crippen molar-refractivity contribution in [3.05, 3.63) is 44.6 Å². The second-order valence-electron chi connectivity index (χ2n) is 7.05. The summed E-state index contributed by atoms with van der Waals surface area (Å²) in [7, 11) is 2.01. The lowest BCUT2D eigenvalue weighted by Gasteiger charge is -2.35. The number of hydrogen-bond acceptors (Lipinski definition) is 4. The summed E-state index contributed by atoms with van der Waals surface area (Å²) in [4.78, 5) is 28.0. The molecule has 0 amide bonds. The SMILES string of the molecule is CN1CCN(c2c(F)cn3c(=O)c(C(=O)O)cc(C4CC4)c3c2Cl)CC1.Cl. The topological polar surface area (TPSA) is 65.3 Å². The zero-order valence-electron chi connectivity index (χ0n) is 14.7. The number of carboxylic acids is 1. The van der Waals surface area contributed by atoms with Crippen LogP contribution in [0.3, 0.4) is 0 Å². The molecule has 9 heteroatoms. The van der Waals surface area contributed by atoms with E-state index in [1.807, 2.05) is 11.9 Å². The van der Waals surface area contributed by atoms with Gasteiger partial charge in [0.25, 0.3) is 5.56 Å². The molecule has 2 aliphatic rings. The predicted molar refractivity (Wildman–Crippen MR) is 105 cm³/mol. The number of pyridine rings is 2. The molecule has 0 spiro atoms. The highest BCUT2D eigenvalue weighted by Gasteiger charge is 2.31. The first-order valence-corrected chi connectivity index (χ1v) is 9.00. The number of piperazine rings is 1. The van der Waals surface area contributed by atoms with E-state index >= 15 is 0 Å². The lowest BCUT2D eigenvalue weighted by Crippen LogP contribution is -2.45. The van der Waals surface area contributed by atoms with Gasteiger partial charge in [-0.15, -0.1) is 12.4 Å². The van der Waals surface area contributed by atoms with Crippen LogP contribution in [0.1, 0.15) is 34.7 Å². The number of aromatic nitrogens is 1. The van der Waals surface area contributed by atoms with E-state index in [-0.39, 0.29) is 28.9 Å². The smallest absolute Gasteiger partial charge is 0.341 e. The van der Waals surface area contributed by atoms with Gasteiger partial charge in [-0.3, -0.25) is 9.20 Å². The van der Waals surface area contributed by atoms with Crippen LogP contribution < -0.4 is 10.5 Å². The van der Waals surface area contributed by atoms with Crippen LogP contribution in [0.5, 0.6) is 0 Å². The molecule has 1 saturated heterocycles. The van der Waals surface area contributed by atoms with E-state index in [4.69, 9.17) is 11.6 Å². The molecule has 6 nitrogen and oxygen atoms in total. The average molecular weight is 416 g/mol. The van der Waals surface area contributed by atoms with E-state index in [2.05, 4.69) is 4.90 Å². The van der Waals surface area contributed by atoms with Crippen molar-refractivity contribution >= 4 is 41.2 Å². The Kier molecular flexibility index (Phi) is 5.38. The molecule has 1 saturated carbocycles. The van der Waals surface area contributed by atoms with Crippen LogP contribution in [0, 0.1) is 5.82 Å². The monoisotopic (exact) mass is 415 g/mol. The number of likely N-dealkylation sites (N-methyl/N-ethyl adjacent to an activating group) is 1. The van der Waals surface area contributed by atoms with Gasteiger partial charge >= 0.3 is 5.97 Å². The quantitative estimate of drug-likeness (QED) is 0.834. The van der Waals surface area contributed by atoms with E-state index in [0.29, 0.717) is 29.9 Å². The molecule has 0 bridgehead atoms. The molecule has 0 unspecified atom stereocenters. The fourth-order valence-electron chi connectivity index (χ4n) is 3.58. The normalized spacial score (nSPS) is 17.8. The minimum atomic E-state index is -1.31. The summed E-state index contributed by atoms with van der Waals surface area (Å²) in [5, 5.41) is 9.51. The first kappa shape index (κ1) is 19.9. The lowest BCUT2D eigenvalue weighted by atomic mass is 10.1. The standard InChI is InChI=1S/C18H19ClFN3O3.ClH/c1-21-4-6-22(7-5-21)16-13(20)9-23-15(14(16)19)11(10-2-3-10)8-12(17(23)24)18(25)26;/h8-10H,2-7H2,1H3,(H,25,26);1H. The van der Waals surface area contributed by atoms with Gasteiger partial charge in [-0.05, 0) is 37.4 Å². The van der Waals surface area contributed by atoms with Gasteiger partial charge < -0.3 is 14.9 Å². The third-order valence-electron chi connectivity index (χ3n) is 5.21. The number of rotatable bonds is 3. The highest BCUT2D eigenvalue weighted by Crippen LogP contribution is 2.45. The summed E-state index contributed by atoms with van der Waals surface area (Å²) in [5.74, 6) is -1.77. The molecule has 2 aromatic rings. The largest absolute Gasteiger partial charge is 0.477 e. The van der Waals surface area contributed by atoms with Crippen molar-refractivity contribution in [3.8, 4) is 0 Å². The van der Waals surface area contributed by atoms with Gasteiger partial charge in [0.15, 0.2) is 5.82 Å². The summed E-state index contributed by atoms with van der Waals surface area (Å²) in [6.45, 7) is 2.86. The number of anilines is 1. The highest BCUT2D eigenvalue weighted by molar-refractivity contribution is 6.36. The molecule has 146 valence electrons. The molecule has 0 aromatic carbocycles. The zero-order chi connectivity index (χ0) is 18.6. The number of halogens is 3. The predicted octanol–water partition coefficient (Wildman–Crippen LogP) is 2.84. The number of carboxylic acid groups (broad SMARTS) is 1. The van der Waals surface area contributed by atoms with Crippen LogP contribution in [0.2, 0.25) is 5.02 Å². The molecule has 0 atom stereocenters. The first-order chi connectivity index (χ1) is 12.4. The third-order valence-corrected chi connectivity index (χ3v) is 5.57. The third kappa shape index (κ3) is 3.39. The Hall–Kier alpha value is -1.83. The van der Waals surface area contributed by atoms with Crippen LogP contribution in [0.15, 0.2) is 17.1 Å². The molecule has 27 heavy (non-hydrogen) atoms. The number of hydrogen-bond donors (Lipinski definition) is 1. The minimum Gasteiger partial charge on any atom is -0.477 e. The second-order valence-corrected chi connectivity index (χ2v) is 7.42. The number of fused-ring (bicyclic) bond motifs is 1. The van der Waals surface area contributed by atoms with Crippen molar-refractivity contribution in [1.29, 1.82) is 0 Å². The molecule has 3 heterocycles. The summed E-state index contributed by atoms with van der Waals surface area (Å²) in [5.41, 5.74) is 0.320. The Morgan fingerprint density at radius 2 is 1.89 bits per heavy atom. The van der Waals surface area contributed by atoms with Crippen molar-refractivity contribution < 1.29 is 14.3 Å². The van der Waals surface area contributed by atoms with E-state index in [0.717, 1.165) is 36.5 Å². The molecular formula is C18H20Cl2FN3O3. The molecule has 2 fully saturated rings.